The topological polar surface area (TPSA) is 30.5 Å². The van der Waals surface area contributed by atoms with Gasteiger partial charge in [0.2, 0.25) is 0 Å². The van der Waals surface area contributed by atoms with Crippen molar-refractivity contribution in [2.45, 2.75) is 44.7 Å². The number of hydrogen-bond donors (Lipinski definition) is 1. The molecule has 1 aliphatic rings. The number of hydrogen-bond acceptors (Lipinski definition) is 3. The molecule has 0 saturated carbocycles. The van der Waals surface area contributed by atoms with Crippen LogP contribution in [0, 0.1) is 0 Å². The Morgan fingerprint density at radius 1 is 1.57 bits per heavy atom. The Labute approximate surface area is 87.2 Å². The van der Waals surface area contributed by atoms with Crippen LogP contribution in [0.25, 0.3) is 0 Å². The van der Waals surface area contributed by atoms with Gasteiger partial charge in [0.15, 0.2) is 0 Å². The molecular formula is C11H23NO2. The van der Waals surface area contributed by atoms with Gasteiger partial charge in [-0.3, -0.25) is 0 Å². The van der Waals surface area contributed by atoms with Gasteiger partial charge in [0.25, 0.3) is 0 Å². The van der Waals surface area contributed by atoms with E-state index in [9.17, 15) is 0 Å². The van der Waals surface area contributed by atoms with Crippen molar-refractivity contribution < 1.29 is 9.47 Å². The third-order valence-electron chi connectivity index (χ3n) is 2.68. The molecular weight excluding hydrogens is 178 g/mol. The smallest absolute Gasteiger partial charge is 0.0620 e. The minimum Gasteiger partial charge on any atom is -0.383 e. The SMILES string of the molecule is CCCCC(COC)NC1CCOC1. The second-order valence-corrected chi connectivity index (χ2v) is 4.02. The van der Waals surface area contributed by atoms with Crippen LogP contribution in [0.15, 0.2) is 0 Å². The van der Waals surface area contributed by atoms with Crippen LogP contribution in [0.2, 0.25) is 0 Å². The fourth-order valence-electron chi connectivity index (χ4n) is 1.87. The lowest BCUT2D eigenvalue weighted by Crippen LogP contribution is -2.41. The molecule has 0 bridgehead atoms. The quantitative estimate of drug-likeness (QED) is 0.678. The van der Waals surface area contributed by atoms with Gasteiger partial charge in [-0.1, -0.05) is 19.8 Å². The van der Waals surface area contributed by atoms with E-state index in [1.165, 1.54) is 19.3 Å². The molecule has 1 N–H and O–H groups in total. The van der Waals surface area contributed by atoms with Gasteiger partial charge >= 0.3 is 0 Å². The van der Waals surface area contributed by atoms with Crippen LogP contribution in [-0.2, 0) is 9.47 Å². The van der Waals surface area contributed by atoms with Crippen molar-refractivity contribution in [2.24, 2.45) is 0 Å². The van der Waals surface area contributed by atoms with Gasteiger partial charge in [0.05, 0.1) is 13.2 Å². The molecule has 1 aliphatic heterocycles. The maximum Gasteiger partial charge on any atom is 0.0620 e. The normalized spacial score (nSPS) is 24.0. The highest BCUT2D eigenvalue weighted by Gasteiger charge is 2.19. The van der Waals surface area contributed by atoms with E-state index in [1.54, 1.807) is 7.11 Å². The second-order valence-electron chi connectivity index (χ2n) is 4.02. The third-order valence-corrected chi connectivity index (χ3v) is 2.68. The molecule has 2 unspecified atom stereocenters. The first-order valence-electron chi connectivity index (χ1n) is 5.69. The third kappa shape index (κ3) is 4.40. The fourth-order valence-corrected chi connectivity index (χ4v) is 1.87. The van der Waals surface area contributed by atoms with E-state index in [1.807, 2.05) is 0 Å². The summed E-state index contributed by atoms with van der Waals surface area (Å²) in [5.41, 5.74) is 0. The standard InChI is InChI=1S/C11H23NO2/c1-3-4-5-10(8-13-2)12-11-6-7-14-9-11/h10-12H,3-9H2,1-2H3. The molecule has 0 aromatic heterocycles. The zero-order valence-corrected chi connectivity index (χ0v) is 9.42. The molecule has 1 rings (SSSR count). The first-order valence-corrected chi connectivity index (χ1v) is 5.69. The summed E-state index contributed by atoms with van der Waals surface area (Å²) in [5.74, 6) is 0. The van der Waals surface area contributed by atoms with Gasteiger partial charge in [0.1, 0.15) is 0 Å². The highest BCUT2D eigenvalue weighted by molar-refractivity contribution is 4.77. The summed E-state index contributed by atoms with van der Waals surface area (Å²) in [5, 5.41) is 3.60. The molecule has 0 spiro atoms. The number of methoxy groups -OCH3 is 1. The zero-order valence-electron chi connectivity index (χ0n) is 9.42. The van der Waals surface area contributed by atoms with Crippen molar-refractivity contribution in [3.63, 3.8) is 0 Å². The Balaban J connectivity index is 2.18. The Kier molecular flexibility index (Phi) is 6.15. The molecule has 14 heavy (non-hydrogen) atoms. The Morgan fingerprint density at radius 3 is 3.00 bits per heavy atom. The molecule has 0 radical (unpaired) electrons. The average Bonchev–Trinajstić information content (AvgIpc) is 2.67. The summed E-state index contributed by atoms with van der Waals surface area (Å²) in [6.45, 7) is 4.82. The molecule has 3 heteroatoms. The van der Waals surface area contributed by atoms with Crippen molar-refractivity contribution in [3.05, 3.63) is 0 Å². The fraction of sp³-hybridized carbons (Fsp3) is 1.00. The predicted molar refractivity (Wildman–Crippen MR) is 57.5 cm³/mol. The number of ether oxygens (including phenoxy) is 2. The molecule has 0 amide bonds. The van der Waals surface area contributed by atoms with Crippen LogP contribution < -0.4 is 5.32 Å². The van der Waals surface area contributed by atoms with Gasteiger partial charge in [-0.05, 0) is 12.8 Å². The minimum absolute atomic E-state index is 0.506. The van der Waals surface area contributed by atoms with Crippen LogP contribution in [0.3, 0.4) is 0 Å². The van der Waals surface area contributed by atoms with Gasteiger partial charge < -0.3 is 14.8 Å². The van der Waals surface area contributed by atoms with Crippen LogP contribution in [-0.4, -0.2) is 39.0 Å². The van der Waals surface area contributed by atoms with Crippen molar-refractivity contribution in [1.82, 2.24) is 5.32 Å². The number of nitrogens with one attached hydrogen (secondary N) is 1. The first kappa shape index (κ1) is 12.0. The lowest BCUT2D eigenvalue weighted by atomic mass is 10.1. The lowest BCUT2D eigenvalue weighted by Gasteiger charge is -2.21. The van der Waals surface area contributed by atoms with Gasteiger partial charge in [-0.25, -0.2) is 0 Å². The first-order chi connectivity index (χ1) is 6.86. The van der Waals surface area contributed by atoms with E-state index in [4.69, 9.17) is 9.47 Å². The summed E-state index contributed by atoms with van der Waals surface area (Å²) in [7, 11) is 1.77. The molecule has 0 aliphatic carbocycles. The Morgan fingerprint density at radius 2 is 2.43 bits per heavy atom. The van der Waals surface area contributed by atoms with E-state index >= 15 is 0 Å². The second kappa shape index (κ2) is 7.21. The van der Waals surface area contributed by atoms with E-state index in [0.29, 0.717) is 12.1 Å². The van der Waals surface area contributed by atoms with Gasteiger partial charge in [-0.15, -0.1) is 0 Å². The predicted octanol–water partition coefficient (Wildman–Crippen LogP) is 1.57. The van der Waals surface area contributed by atoms with Crippen molar-refractivity contribution in [2.75, 3.05) is 26.9 Å². The molecule has 1 heterocycles. The van der Waals surface area contributed by atoms with Crippen LogP contribution in [0.1, 0.15) is 32.6 Å². The highest BCUT2D eigenvalue weighted by Crippen LogP contribution is 2.08. The maximum absolute atomic E-state index is 5.34. The largest absolute Gasteiger partial charge is 0.383 e. The Bertz CT molecular complexity index is 135. The lowest BCUT2D eigenvalue weighted by molar-refractivity contribution is 0.147. The van der Waals surface area contributed by atoms with Crippen molar-refractivity contribution >= 4 is 0 Å². The minimum atomic E-state index is 0.506. The summed E-state index contributed by atoms with van der Waals surface area (Å²) < 4.78 is 10.5. The van der Waals surface area contributed by atoms with Crippen LogP contribution in [0.5, 0.6) is 0 Å². The van der Waals surface area contributed by atoms with E-state index in [-0.39, 0.29) is 0 Å². The monoisotopic (exact) mass is 201 g/mol. The van der Waals surface area contributed by atoms with Gasteiger partial charge in [0, 0.05) is 25.8 Å². The molecule has 0 aromatic carbocycles. The van der Waals surface area contributed by atoms with E-state index < -0.39 is 0 Å². The number of unbranched alkanes of at least 4 members (excludes halogenated alkanes) is 1. The molecule has 1 saturated heterocycles. The van der Waals surface area contributed by atoms with Crippen molar-refractivity contribution in [3.8, 4) is 0 Å². The molecule has 84 valence electrons. The summed E-state index contributed by atoms with van der Waals surface area (Å²) in [6, 6.07) is 1.05. The van der Waals surface area contributed by atoms with E-state index in [0.717, 1.165) is 26.2 Å². The van der Waals surface area contributed by atoms with Crippen LogP contribution in [0.4, 0.5) is 0 Å². The molecule has 3 nitrogen and oxygen atoms in total. The number of rotatable bonds is 7. The van der Waals surface area contributed by atoms with E-state index in [2.05, 4.69) is 12.2 Å². The molecule has 2 atom stereocenters. The van der Waals surface area contributed by atoms with Gasteiger partial charge in [-0.2, -0.15) is 0 Å². The highest BCUT2D eigenvalue weighted by atomic mass is 16.5. The average molecular weight is 201 g/mol. The summed E-state index contributed by atoms with van der Waals surface area (Å²) in [6.07, 6.45) is 4.88. The summed E-state index contributed by atoms with van der Waals surface area (Å²) >= 11 is 0. The molecule has 1 fully saturated rings. The summed E-state index contributed by atoms with van der Waals surface area (Å²) in [4.78, 5) is 0. The van der Waals surface area contributed by atoms with Crippen molar-refractivity contribution in [1.29, 1.82) is 0 Å². The van der Waals surface area contributed by atoms with Crippen LogP contribution >= 0.6 is 0 Å². The zero-order chi connectivity index (χ0) is 10.2. The Hall–Kier alpha value is -0.120. The molecule has 0 aromatic rings. The maximum atomic E-state index is 5.34.